The highest BCUT2D eigenvalue weighted by Crippen LogP contribution is 2.26. The maximum Gasteiger partial charge on any atom is 0.377 e. The number of ether oxygens (including phenoxy) is 3. The molecule has 0 aliphatic heterocycles. The highest BCUT2D eigenvalue weighted by molar-refractivity contribution is 5.97. The Morgan fingerprint density at radius 3 is 2.31 bits per heavy atom. The van der Waals surface area contributed by atoms with Crippen LogP contribution in [0.1, 0.15) is 15.9 Å². The molecule has 0 saturated carbocycles. The fourth-order valence-electron chi connectivity index (χ4n) is 3.44. The molecule has 4 rings (SSSR count). The summed E-state index contributed by atoms with van der Waals surface area (Å²) in [5.41, 5.74) is 0.805. The molecule has 3 aromatic carbocycles. The van der Waals surface area contributed by atoms with Gasteiger partial charge >= 0.3 is 17.7 Å². The molecule has 11 nitrogen and oxygen atoms in total. The lowest BCUT2D eigenvalue weighted by Crippen LogP contribution is -2.39. The number of hydrogen-bond acceptors (Lipinski definition) is 8. The summed E-state index contributed by atoms with van der Waals surface area (Å²) in [4.78, 5) is 40.0. The number of para-hydroxylation sites is 2. The summed E-state index contributed by atoms with van der Waals surface area (Å²) >= 11 is 0. The van der Waals surface area contributed by atoms with Gasteiger partial charge in [0, 0.05) is 12.7 Å². The Bertz CT molecular complexity index is 1450. The molecule has 4 aromatic rings. The molecule has 0 fully saturated rings. The van der Waals surface area contributed by atoms with Crippen LogP contribution in [0.3, 0.4) is 0 Å². The molecular weight excluding hydrogens is 466 g/mol. The lowest BCUT2D eigenvalue weighted by molar-refractivity contribution is 0.0469. The predicted octanol–water partition coefficient (Wildman–Crippen LogP) is 2.91. The minimum Gasteiger partial charge on any atom is -0.496 e. The van der Waals surface area contributed by atoms with Gasteiger partial charge in [-0.05, 0) is 46.3 Å². The Morgan fingerprint density at radius 1 is 0.889 bits per heavy atom. The molecule has 0 radical (unpaired) electrons. The second-order valence-corrected chi connectivity index (χ2v) is 7.54. The Hall–Kier alpha value is -4.93. The van der Waals surface area contributed by atoms with Gasteiger partial charge in [-0.3, -0.25) is 4.90 Å². The summed E-state index contributed by atoms with van der Waals surface area (Å²) < 4.78 is 17.5. The number of hydrogen-bond donors (Lipinski definition) is 0. The van der Waals surface area contributed by atoms with Crippen LogP contribution in [0.2, 0.25) is 0 Å². The molecule has 0 unspecified atom stereocenters. The maximum absolute atomic E-state index is 13.1. The fraction of sp³-hybridized carbons (Fsp3) is 0.160. The number of methoxy groups -OCH3 is 2. The van der Waals surface area contributed by atoms with Gasteiger partial charge in [-0.25, -0.2) is 14.4 Å². The van der Waals surface area contributed by atoms with Crippen molar-refractivity contribution in [3.8, 4) is 17.2 Å². The van der Waals surface area contributed by atoms with Crippen LogP contribution >= 0.6 is 0 Å². The normalized spacial score (nSPS) is 10.5. The molecule has 184 valence electrons. The van der Waals surface area contributed by atoms with Gasteiger partial charge in [-0.2, -0.15) is 4.68 Å². The van der Waals surface area contributed by atoms with E-state index in [4.69, 9.17) is 14.2 Å². The lowest BCUT2D eigenvalue weighted by Gasteiger charge is -2.18. The van der Waals surface area contributed by atoms with E-state index in [1.54, 1.807) is 30.3 Å². The number of tetrazole rings is 1. The molecule has 0 bridgehead atoms. The number of nitrogens with zero attached hydrogens (tertiary/aromatic N) is 5. The monoisotopic (exact) mass is 489 g/mol. The van der Waals surface area contributed by atoms with E-state index < -0.39 is 17.7 Å². The van der Waals surface area contributed by atoms with Crippen molar-refractivity contribution >= 4 is 17.7 Å². The Labute approximate surface area is 206 Å². The van der Waals surface area contributed by atoms with Crippen LogP contribution in [0.4, 0.5) is 10.5 Å². The van der Waals surface area contributed by atoms with Gasteiger partial charge in [0.05, 0.1) is 14.2 Å². The third kappa shape index (κ3) is 4.80. The van der Waals surface area contributed by atoms with E-state index in [2.05, 4.69) is 10.4 Å². The number of rotatable bonds is 7. The molecule has 0 aliphatic rings. The zero-order chi connectivity index (χ0) is 25.7. The average molecular weight is 489 g/mol. The van der Waals surface area contributed by atoms with Crippen molar-refractivity contribution in [2.45, 2.75) is 6.61 Å². The van der Waals surface area contributed by atoms with Crippen LogP contribution in [0.15, 0.2) is 77.6 Å². The molecule has 1 aromatic heterocycles. The zero-order valence-corrected chi connectivity index (χ0v) is 19.8. The molecule has 1 heterocycles. The maximum atomic E-state index is 13.1. The van der Waals surface area contributed by atoms with Crippen molar-refractivity contribution in [3.05, 3.63) is 94.4 Å². The van der Waals surface area contributed by atoms with Crippen molar-refractivity contribution in [1.29, 1.82) is 0 Å². The van der Waals surface area contributed by atoms with Crippen LogP contribution in [-0.4, -0.2) is 53.1 Å². The molecule has 36 heavy (non-hydrogen) atoms. The van der Waals surface area contributed by atoms with Crippen molar-refractivity contribution in [1.82, 2.24) is 19.8 Å². The largest absolute Gasteiger partial charge is 0.496 e. The smallest absolute Gasteiger partial charge is 0.377 e. The van der Waals surface area contributed by atoms with E-state index in [1.165, 1.54) is 33.4 Å². The Balaban J connectivity index is 1.59. The van der Waals surface area contributed by atoms with Gasteiger partial charge in [-0.15, -0.1) is 4.68 Å². The molecule has 0 N–H and O–H groups in total. The highest BCUT2D eigenvalue weighted by Gasteiger charge is 2.23. The van der Waals surface area contributed by atoms with Gasteiger partial charge in [-0.1, -0.05) is 42.5 Å². The van der Waals surface area contributed by atoms with E-state index in [-0.39, 0.29) is 17.9 Å². The summed E-state index contributed by atoms with van der Waals surface area (Å²) in [5.74, 6) is 0.0379. The number of benzene rings is 3. The first-order valence-corrected chi connectivity index (χ1v) is 10.8. The minimum absolute atomic E-state index is 0.0727. The first-order valence-electron chi connectivity index (χ1n) is 10.8. The number of carbonyl (C=O) groups excluding carboxylic acids is 2. The quantitative estimate of drug-likeness (QED) is 0.287. The lowest BCUT2D eigenvalue weighted by atomic mass is 10.1. The summed E-state index contributed by atoms with van der Waals surface area (Å²) in [6, 6.07) is 19.7. The molecule has 0 aliphatic carbocycles. The van der Waals surface area contributed by atoms with Crippen molar-refractivity contribution in [2.75, 3.05) is 26.2 Å². The van der Waals surface area contributed by atoms with Gasteiger partial charge in [0.25, 0.3) is 0 Å². The SMILES string of the molecule is COc1ccc(N(C)C(=O)n2nnn(-c3ccccc3OC)c2=O)cc1C(=O)OCc1ccccc1. The van der Waals surface area contributed by atoms with E-state index >= 15 is 0 Å². The number of aromatic nitrogens is 4. The molecule has 0 saturated heterocycles. The van der Waals surface area contributed by atoms with Crippen molar-refractivity contribution < 1.29 is 23.8 Å². The van der Waals surface area contributed by atoms with Gasteiger partial charge in [0.15, 0.2) is 0 Å². The van der Waals surface area contributed by atoms with Crippen LogP contribution < -0.4 is 20.1 Å². The topological polar surface area (TPSA) is 118 Å². The third-order valence-corrected chi connectivity index (χ3v) is 5.37. The summed E-state index contributed by atoms with van der Waals surface area (Å²) in [5, 5.41) is 7.54. The second-order valence-electron chi connectivity index (χ2n) is 7.54. The number of amides is 1. The molecule has 0 atom stereocenters. The van der Waals surface area contributed by atoms with Crippen LogP contribution in [-0.2, 0) is 11.3 Å². The fourth-order valence-corrected chi connectivity index (χ4v) is 3.44. The number of carbonyl (C=O) groups is 2. The zero-order valence-electron chi connectivity index (χ0n) is 19.8. The predicted molar refractivity (Wildman–Crippen MR) is 130 cm³/mol. The summed E-state index contributed by atoms with van der Waals surface area (Å²) in [7, 11) is 4.32. The third-order valence-electron chi connectivity index (χ3n) is 5.37. The minimum atomic E-state index is -0.785. The van der Waals surface area contributed by atoms with E-state index in [1.807, 2.05) is 30.3 Å². The summed E-state index contributed by atoms with van der Waals surface area (Å²) in [6.07, 6.45) is 0. The van der Waals surface area contributed by atoms with E-state index in [0.29, 0.717) is 21.8 Å². The van der Waals surface area contributed by atoms with Crippen LogP contribution in [0, 0.1) is 0 Å². The molecule has 0 spiro atoms. The van der Waals surface area contributed by atoms with Gasteiger partial charge in [0.2, 0.25) is 0 Å². The van der Waals surface area contributed by atoms with Crippen molar-refractivity contribution in [3.63, 3.8) is 0 Å². The van der Waals surface area contributed by atoms with E-state index in [0.717, 1.165) is 15.1 Å². The highest BCUT2D eigenvalue weighted by atomic mass is 16.5. The first-order chi connectivity index (χ1) is 17.4. The molecule has 1 amide bonds. The Morgan fingerprint density at radius 2 is 1.58 bits per heavy atom. The van der Waals surface area contributed by atoms with Gasteiger partial charge in [0.1, 0.15) is 29.4 Å². The van der Waals surface area contributed by atoms with Crippen LogP contribution in [0.5, 0.6) is 11.5 Å². The van der Waals surface area contributed by atoms with Crippen molar-refractivity contribution in [2.24, 2.45) is 0 Å². The van der Waals surface area contributed by atoms with E-state index in [9.17, 15) is 14.4 Å². The van der Waals surface area contributed by atoms with Gasteiger partial charge < -0.3 is 14.2 Å². The second kappa shape index (κ2) is 10.6. The first kappa shape index (κ1) is 24.2. The van der Waals surface area contributed by atoms with Crippen LogP contribution in [0.25, 0.3) is 5.69 Å². The molecule has 11 heteroatoms. The number of anilines is 1. The Kier molecular flexibility index (Phi) is 7.10. The average Bonchev–Trinajstić information content (AvgIpc) is 3.31. The number of esters is 1. The molecular formula is C25H23N5O6. The standard InChI is InChI=1S/C25H23N5O6/c1-28(24(32)30-25(33)29(26-27-30)20-11-7-8-12-22(20)35-3)18-13-14-21(34-2)19(15-18)23(31)36-16-17-9-5-4-6-10-17/h4-15H,16H2,1-3H3. The summed E-state index contributed by atoms with van der Waals surface area (Å²) in [6.45, 7) is 0.0727.